The van der Waals surface area contributed by atoms with Crippen LogP contribution < -0.4 is 5.32 Å². The first-order valence-electron chi connectivity index (χ1n) is 10.4. The van der Waals surface area contributed by atoms with Gasteiger partial charge in [-0.15, -0.1) is 10.2 Å². The molecule has 2 aromatic heterocycles. The van der Waals surface area contributed by atoms with Crippen molar-refractivity contribution in [3.63, 3.8) is 0 Å². The number of rotatable bonds is 5. The number of piperidine rings is 1. The smallest absolute Gasteiger partial charge is 0.314 e. The average Bonchev–Trinajstić information content (AvgIpc) is 3.10. The number of fused-ring (bicyclic) bond motifs is 1. The van der Waals surface area contributed by atoms with Crippen LogP contribution in [0.4, 0.5) is 19.1 Å². The normalized spacial score (nSPS) is 15.9. The molecular weight excluding hydrogens is 423 g/mol. The van der Waals surface area contributed by atoms with E-state index in [2.05, 4.69) is 25.5 Å². The molecule has 4 rings (SSSR count). The maximum atomic E-state index is 12.7. The van der Waals surface area contributed by atoms with Crippen molar-refractivity contribution in [1.29, 1.82) is 0 Å². The molecule has 1 aliphatic heterocycles. The average molecular weight is 447 g/mol. The molecule has 1 aliphatic rings. The largest absolute Gasteiger partial charge is 0.390 e. The highest BCUT2D eigenvalue weighted by molar-refractivity contribution is 5.92. The van der Waals surface area contributed by atoms with Crippen LogP contribution in [0.3, 0.4) is 0 Å². The van der Waals surface area contributed by atoms with Gasteiger partial charge in [-0.25, -0.2) is 9.97 Å². The van der Waals surface area contributed by atoms with E-state index >= 15 is 0 Å². The van der Waals surface area contributed by atoms with Gasteiger partial charge in [0, 0.05) is 36.7 Å². The number of nitrogens with one attached hydrogen (secondary N) is 1. The Kier molecular flexibility index (Phi) is 6.09. The first-order valence-corrected chi connectivity index (χ1v) is 10.4. The first-order chi connectivity index (χ1) is 15.2. The van der Waals surface area contributed by atoms with E-state index < -0.39 is 12.6 Å². The van der Waals surface area contributed by atoms with Gasteiger partial charge in [-0.3, -0.25) is 10.1 Å². The molecular formula is C21H24F3N7O. The minimum atomic E-state index is -4.16. The Labute approximate surface area is 182 Å². The second-order valence-electron chi connectivity index (χ2n) is 8.07. The summed E-state index contributed by atoms with van der Waals surface area (Å²) < 4.78 is 39.1. The third-order valence-electron chi connectivity index (χ3n) is 5.84. The van der Waals surface area contributed by atoms with Crippen molar-refractivity contribution in [3.8, 4) is 11.4 Å². The molecule has 1 saturated heterocycles. The molecule has 1 fully saturated rings. The van der Waals surface area contributed by atoms with Crippen LogP contribution in [-0.2, 0) is 11.8 Å². The summed E-state index contributed by atoms with van der Waals surface area (Å²) in [6, 6.07) is 5.67. The van der Waals surface area contributed by atoms with Gasteiger partial charge in [0.1, 0.15) is 5.82 Å². The van der Waals surface area contributed by atoms with Crippen molar-refractivity contribution in [2.45, 2.75) is 32.4 Å². The number of aromatic nitrogens is 5. The number of anilines is 1. The van der Waals surface area contributed by atoms with Crippen LogP contribution in [0.1, 0.15) is 25.1 Å². The Balaban J connectivity index is 1.41. The Bertz CT molecular complexity index is 1120. The van der Waals surface area contributed by atoms with Crippen LogP contribution >= 0.6 is 0 Å². The fourth-order valence-corrected chi connectivity index (χ4v) is 3.80. The number of benzene rings is 1. The molecule has 32 heavy (non-hydrogen) atoms. The fourth-order valence-electron chi connectivity index (χ4n) is 3.80. The topological polar surface area (TPSA) is 88.8 Å². The summed E-state index contributed by atoms with van der Waals surface area (Å²) in [4.78, 5) is 23.1. The van der Waals surface area contributed by atoms with Crippen LogP contribution in [0.2, 0.25) is 0 Å². The Morgan fingerprint density at radius 3 is 2.62 bits per heavy atom. The van der Waals surface area contributed by atoms with E-state index in [1.54, 1.807) is 11.1 Å². The van der Waals surface area contributed by atoms with Crippen molar-refractivity contribution in [3.05, 3.63) is 30.2 Å². The lowest BCUT2D eigenvalue weighted by Gasteiger charge is -2.31. The molecule has 0 unspecified atom stereocenters. The van der Waals surface area contributed by atoms with E-state index in [4.69, 9.17) is 0 Å². The van der Waals surface area contributed by atoms with Crippen molar-refractivity contribution in [2.75, 3.05) is 25.0 Å². The van der Waals surface area contributed by atoms with Gasteiger partial charge in [0.05, 0.1) is 11.9 Å². The molecule has 3 heterocycles. The number of halogens is 3. The lowest BCUT2D eigenvalue weighted by molar-refractivity contribution is -0.139. The van der Waals surface area contributed by atoms with Crippen LogP contribution in [0.25, 0.3) is 22.3 Å². The van der Waals surface area contributed by atoms with Crippen molar-refractivity contribution < 1.29 is 18.0 Å². The molecule has 0 saturated carbocycles. The van der Waals surface area contributed by atoms with Crippen molar-refractivity contribution in [2.24, 2.45) is 13.0 Å². The van der Waals surface area contributed by atoms with Crippen molar-refractivity contribution >= 4 is 22.8 Å². The lowest BCUT2D eigenvalue weighted by Crippen LogP contribution is -2.39. The number of carbonyl (C=O) groups is 1. The Morgan fingerprint density at radius 2 is 1.97 bits per heavy atom. The third-order valence-corrected chi connectivity index (χ3v) is 5.84. The van der Waals surface area contributed by atoms with Crippen LogP contribution in [-0.4, -0.2) is 61.4 Å². The summed E-state index contributed by atoms with van der Waals surface area (Å²) >= 11 is 0. The van der Waals surface area contributed by atoms with E-state index in [0.29, 0.717) is 37.3 Å². The Morgan fingerprint density at radius 1 is 1.22 bits per heavy atom. The molecule has 1 amide bonds. The number of carbonyl (C=O) groups excluding carboxylic acids is 1. The molecule has 1 N–H and O–H groups in total. The first kappa shape index (κ1) is 22.1. The monoisotopic (exact) mass is 447 g/mol. The number of hydrogen-bond acceptors (Lipinski definition) is 6. The molecule has 0 spiro atoms. The molecule has 11 heteroatoms. The lowest BCUT2D eigenvalue weighted by atomic mass is 9.96. The summed E-state index contributed by atoms with van der Waals surface area (Å²) in [5, 5.41) is 11.8. The Hall–Kier alpha value is -3.08. The molecule has 3 aromatic rings. The van der Waals surface area contributed by atoms with Crippen LogP contribution in [0, 0.1) is 12.8 Å². The number of likely N-dealkylation sites (tertiary alicyclic amines) is 1. The van der Waals surface area contributed by atoms with E-state index in [1.807, 2.05) is 36.7 Å². The quantitative estimate of drug-likeness (QED) is 0.646. The van der Waals surface area contributed by atoms with E-state index in [9.17, 15) is 18.0 Å². The van der Waals surface area contributed by atoms with Crippen molar-refractivity contribution in [1.82, 2.24) is 29.6 Å². The van der Waals surface area contributed by atoms with Crippen LogP contribution in [0.5, 0.6) is 0 Å². The SMILES string of the molecule is Cc1nnc(-c2ccc3cnc(NC(=O)C4CCN(CCC(F)(F)F)CC4)nc3c2)n1C. The minimum absolute atomic E-state index is 0.0288. The molecule has 0 bridgehead atoms. The molecule has 0 atom stereocenters. The maximum Gasteiger partial charge on any atom is 0.390 e. The van der Waals surface area contributed by atoms with E-state index in [1.165, 1.54) is 0 Å². The zero-order chi connectivity index (χ0) is 22.9. The van der Waals surface area contributed by atoms with E-state index in [-0.39, 0.29) is 24.3 Å². The maximum absolute atomic E-state index is 12.7. The number of nitrogens with zero attached hydrogens (tertiary/aromatic N) is 6. The van der Waals surface area contributed by atoms with Crippen LogP contribution in [0.15, 0.2) is 24.4 Å². The van der Waals surface area contributed by atoms with Gasteiger partial charge in [0.25, 0.3) is 0 Å². The summed E-state index contributed by atoms with van der Waals surface area (Å²) in [5.74, 6) is 1.23. The predicted octanol–water partition coefficient (Wildman–Crippen LogP) is 3.34. The third kappa shape index (κ3) is 5.04. The highest BCUT2D eigenvalue weighted by Gasteiger charge is 2.30. The van der Waals surface area contributed by atoms with Gasteiger partial charge in [-0.05, 0) is 38.9 Å². The van der Waals surface area contributed by atoms with Gasteiger partial charge < -0.3 is 9.47 Å². The number of amides is 1. The molecule has 8 nitrogen and oxygen atoms in total. The summed E-state index contributed by atoms with van der Waals surface area (Å²) in [7, 11) is 1.88. The fraction of sp³-hybridized carbons (Fsp3) is 0.476. The highest BCUT2D eigenvalue weighted by atomic mass is 19.4. The highest BCUT2D eigenvalue weighted by Crippen LogP contribution is 2.25. The molecule has 0 radical (unpaired) electrons. The van der Waals surface area contributed by atoms with Gasteiger partial charge in [0.2, 0.25) is 11.9 Å². The second kappa shape index (κ2) is 8.81. The summed E-state index contributed by atoms with van der Waals surface area (Å²) in [6.45, 7) is 2.77. The minimum Gasteiger partial charge on any atom is -0.314 e. The van der Waals surface area contributed by atoms with Gasteiger partial charge in [0.15, 0.2) is 5.82 Å². The van der Waals surface area contributed by atoms with Gasteiger partial charge >= 0.3 is 6.18 Å². The molecule has 0 aliphatic carbocycles. The van der Waals surface area contributed by atoms with Gasteiger partial charge in [-0.1, -0.05) is 12.1 Å². The van der Waals surface area contributed by atoms with E-state index in [0.717, 1.165) is 16.8 Å². The molecule has 170 valence electrons. The summed E-state index contributed by atoms with van der Waals surface area (Å²) in [5.41, 5.74) is 1.51. The zero-order valence-electron chi connectivity index (χ0n) is 17.9. The summed E-state index contributed by atoms with van der Waals surface area (Å²) in [6.07, 6.45) is -2.33. The van der Waals surface area contributed by atoms with Gasteiger partial charge in [-0.2, -0.15) is 13.2 Å². The number of alkyl halides is 3. The second-order valence-corrected chi connectivity index (χ2v) is 8.07. The zero-order valence-corrected chi connectivity index (χ0v) is 17.9. The predicted molar refractivity (Wildman–Crippen MR) is 113 cm³/mol. The number of aryl methyl sites for hydroxylation is 1. The number of hydrogen-bond donors (Lipinski definition) is 1. The molecule has 1 aromatic carbocycles. The standard InChI is InChI=1S/C21H24F3N7O/c1-13-28-29-18(30(13)2)15-3-4-16-12-25-20(26-17(16)11-15)27-19(32)14-5-8-31(9-6-14)10-7-21(22,23)24/h3-4,11-12,14H,5-10H2,1-2H3,(H,25,26,27,32).